The lowest BCUT2D eigenvalue weighted by molar-refractivity contribution is -0.154. The number of nitrogens with one attached hydrogen (secondary N) is 5. The number of carbonyl (C=O) groups is 3. The maximum atomic E-state index is 12.9. The minimum Gasteiger partial charge on any atom is -0.454 e. The van der Waals surface area contributed by atoms with Crippen molar-refractivity contribution in [3.8, 4) is 6.01 Å². The summed E-state index contributed by atoms with van der Waals surface area (Å²) in [7, 11) is 0. The van der Waals surface area contributed by atoms with Crippen molar-refractivity contribution < 1.29 is 41.9 Å². The average Bonchev–Trinajstić information content (AvgIpc) is 3.72. The number of anilines is 4. The van der Waals surface area contributed by atoms with E-state index in [9.17, 15) is 32.7 Å². The molecule has 6 N–H and O–H groups in total. The molecule has 15 nitrogen and oxygen atoms in total. The van der Waals surface area contributed by atoms with E-state index in [1.807, 2.05) is 12.1 Å². The Balaban J connectivity index is 1.16. The highest BCUT2D eigenvalue weighted by molar-refractivity contribution is 6.39. The quantitative estimate of drug-likeness (QED) is 0.111. The van der Waals surface area contributed by atoms with Crippen molar-refractivity contribution in [2.24, 2.45) is 0 Å². The number of aliphatic hydroxyl groups excluding tert-OH is 1. The Kier molecular flexibility index (Phi) is 10.5. The molecule has 0 radical (unpaired) electrons. The van der Waals surface area contributed by atoms with Crippen molar-refractivity contribution in [1.82, 2.24) is 30.7 Å². The lowest BCUT2D eigenvalue weighted by Gasteiger charge is -2.19. The molecule has 1 saturated carbocycles. The van der Waals surface area contributed by atoms with E-state index in [1.165, 1.54) is 30.3 Å². The summed E-state index contributed by atoms with van der Waals surface area (Å²) in [5.41, 5.74) is 0.952. The summed E-state index contributed by atoms with van der Waals surface area (Å²) in [4.78, 5) is 48.8. The molecule has 3 amide bonds. The largest absolute Gasteiger partial charge is 0.454 e. The summed E-state index contributed by atoms with van der Waals surface area (Å²) in [5, 5.41) is 27.3. The molecular weight excluding hydrogens is 675 g/mol. The van der Waals surface area contributed by atoms with Crippen LogP contribution in [-0.4, -0.2) is 74.9 Å². The third-order valence-corrected chi connectivity index (χ3v) is 7.21. The number of ether oxygens (including phenoxy) is 1. The number of aromatic nitrogens is 4. The standard InChI is InChI=1S/C30H29ClF3N9O6/c1-16-12-22(43-49-16)38-25(47)24(46)36-14-21(44)13-35-23(45)17-2-8-20(9-3-17)37-26-39-27(41-28(40-26)48-15-30(32,33)34)42-29(10-11-29)18-4-6-19(31)7-5-18/h2-9,12,21,44H,10-11,13-15H2,1H3,(H,35,45)(H,36,46)(H,38,43,47)(H2,37,39,40,41,42). The highest BCUT2D eigenvalue weighted by atomic mass is 35.5. The second kappa shape index (κ2) is 14.7. The van der Waals surface area contributed by atoms with Gasteiger partial charge in [0.15, 0.2) is 12.4 Å². The molecule has 2 heterocycles. The van der Waals surface area contributed by atoms with E-state index < -0.39 is 48.2 Å². The molecule has 5 rings (SSSR count). The van der Waals surface area contributed by atoms with Gasteiger partial charge >= 0.3 is 24.0 Å². The third-order valence-electron chi connectivity index (χ3n) is 6.95. The predicted molar refractivity (Wildman–Crippen MR) is 168 cm³/mol. The van der Waals surface area contributed by atoms with Crippen LogP contribution in [0.2, 0.25) is 5.02 Å². The third kappa shape index (κ3) is 10.0. The molecule has 1 atom stereocenters. The summed E-state index contributed by atoms with van der Waals surface area (Å²) >= 11 is 6.01. The number of hydrogen-bond acceptors (Lipinski definition) is 12. The normalized spacial score (nSPS) is 13.9. The summed E-state index contributed by atoms with van der Waals surface area (Å²) in [6.45, 7) is -0.578. The van der Waals surface area contributed by atoms with E-state index in [-0.39, 0.29) is 36.4 Å². The molecule has 1 fully saturated rings. The fourth-order valence-corrected chi connectivity index (χ4v) is 4.51. The van der Waals surface area contributed by atoms with Crippen LogP contribution in [0, 0.1) is 6.92 Å². The zero-order valence-corrected chi connectivity index (χ0v) is 26.4. The van der Waals surface area contributed by atoms with Gasteiger partial charge in [-0.3, -0.25) is 19.7 Å². The number of nitrogens with zero attached hydrogens (tertiary/aromatic N) is 4. The minimum atomic E-state index is -4.62. The maximum Gasteiger partial charge on any atom is 0.422 e. The van der Waals surface area contributed by atoms with Crippen LogP contribution in [0.3, 0.4) is 0 Å². The fourth-order valence-electron chi connectivity index (χ4n) is 4.38. The van der Waals surface area contributed by atoms with Crippen LogP contribution in [0.5, 0.6) is 6.01 Å². The topological polar surface area (TPSA) is 206 Å². The van der Waals surface area contributed by atoms with Crippen LogP contribution in [-0.2, 0) is 15.1 Å². The van der Waals surface area contributed by atoms with Crippen molar-refractivity contribution in [1.29, 1.82) is 0 Å². The molecule has 0 saturated heterocycles. The monoisotopic (exact) mass is 703 g/mol. The van der Waals surface area contributed by atoms with Gasteiger partial charge in [0.1, 0.15) is 5.76 Å². The van der Waals surface area contributed by atoms with E-state index in [2.05, 4.69) is 46.7 Å². The summed E-state index contributed by atoms with van der Waals surface area (Å²) < 4.78 is 48.2. The van der Waals surface area contributed by atoms with E-state index in [0.29, 0.717) is 16.5 Å². The first kappa shape index (κ1) is 34.8. The van der Waals surface area contributed by atoms with Crippen molar-refractivity contribution >= 4 is 52.7 Å². The Bertz CT molecular complexity index is 1800. The van der Waals surface area contributed by atoms with Gasteiger partial charge in [-0.05, 0) is 61.7 Å². The number of alkyl halides is 3. The number of rotatable bonds is 13. The Morgan fingerprint density at radius 1 is 0.980 bits per heavy atom. The predicted octanol–water partition coefficient (Wildman–Crippen LogP) is 3.45. The zero-order valence-electron chi connectivity index (χ0n) is 25.6. The van der Waals surface area contributed by atoms with Crippen LogP contribution in [0.25, 0.3) is 0 Å². The Labute approximate surface area is 281 Å². The average molecular weight is 704 g/mol. The highest BCUT2D eigenvalue weighted by Gasteiger charge is 2.45. The van der Waals surface area contributed by atoms with Crippen molar-refractivity contribution in [2.75, 3.05) is 35.6 Å². The van der Waals surface area contributed by atoms with E-state index >= 15 is 0 Å². The second-order valence-corrected chi connectivity index (χ2v) is 11.4. The van der Waals surface area contributed by atoms with Gasteiger partial charge < -0.3 is 35.6 Å². The lowest BCUT2D eigenvalue weighted by Crippen LogP contribution is -2.43. The number of amides is 3. The molecular formula is C30H29ClF3N9O6. The van der Waals surface area contributed by atoms with Crippen molar-refractivity contribution in [3.05, 3.63) is 76.5 Å². The van der Waals surface area contributed by atoms with Crippen LogP contribution in [0.4, 0.5) is 36.6 Å². The molecule has 2 aromatic heterocycles. The number of aliphatic hydroxyl groups is 1. The second-order valence-electron chi connectivity index (χ2n) is 10.9. The van der Waals surface area contributed by atoms with Crippen LogP contribution in [0.1, 0.15) is 34.5 Å². The number of aryl methyl sites for hydroxylation is 1. The zero-order chi connectivity index (χ0) is 35.2. The summed E-state index contributed by atoms with van der Waals surface area (Å²) in [6, 6.07) is 13.9. The Morgan fingerprint density at radius 3 is 2.29 bits per heavy atom. The first-order chi connectivity index (χ1) is 23.3. The molecule has 0 aliphatic heterocycles. The number of hydrogen-bond donors (Lipinski definition) is 6. The summed E-state index contributed by atoms with van der Waals surface area (Å²) in [6.07, 6.45) is -4.40. The lowest BCUT2D eigenvalue weighted by atomic mass is 10.1. The number of benzene rings is 2. The van der Waals surface area contributed by atoms with E-state index in [4.69, 9.17) is 20.9 Å². The van der Waals surface area contributed by atoms with Gasteiger partial charge in [-0.15, -0.1) is 0 Å². The van der Waals surface area contributed by atoms with Crippen LogP contribution >= 0.6 is 11.6 Å². The first-order valence-corrected chi connectivity index (χ1v) is 15.0. The first-order valence-electron chi connectivity index (χ1n) is 14.6. The van der Waals surface area contributed by atoms with Gasteiger partial charge in [-0.1, -0.05) is 28.9 Å². The molecule has 4 aromatic rings. The van der Waals surface area contributed by atoms with E-state index in [1.54, 1.807) is 19.1 Å². The SMILES string of the molecule is Cc1cc(NC(=O)C(=O)NCC(O)CNC(=O)c2ccc(Nc3nc(NC4(c5ccc(Cl)cc5)CC4)nc(OCC(F)(F)F)n3)cc2)no1. The van der Waals surface area contributed by atoms with E-state index in [0.717, 1.165) is 18.4 Å². The van der Waals surface area contributed by atoms with Crippen LogP contribution in [0.15, 0.2) is 59.1 Å². The molecule has 1 aliphatic rings. The molecule has 258 valence electrons. The van der Waals surface area contributed by atoms with Crippen molar-refractivity contribution in [2.45, 2.75) is 37.6 Å². The maximum absolute atomic E-state index is 12.9. The van der Waals surface area contributed by atoms with Gasteiger partial charge in [0, 0.05) is 35.4 Å². The molecule has 0 spiro atoms. The molecule has 49 heavy (non-hydrogen) atoms. The molecule has 19 heteroatoms. The molecule has 1 aliphatic carbocycles. The molecule has 1 unspecified atom stereocenters. The van der Waals surface area contributed by atoms with Gasteiger partial charge in [-0.2, -0.15) is 28.1 Å². The van der Waals surface area contributed by atoms with Gasteiger partial charge in [-0.25, -0.2) is 0 Å². The fraction of sp³-hybridized carbons (Fsp3) is 0.300. The Hall–Kier alpha value is -5.49. The molecule has 2 aromatic carbocycles. The minimum absolute atomic E-state index is 0.0152. The van der Waals surface area contributed by atoms with Crippen LogP contribution < -0.4 is 31.3 Å². The van der Waals surface area contributed by atoms with Gasteiger partial charge in [0.2, 0.25) is 11.9 Å². The number of carbonyl (C=O) groups excluding carboxylic acids is 3. The summed E-state index contributed by atoms with van der Waals surface area (Å²) in [5.74, 6) is -2.24. The van der Waals surface area contributed by atoms with Crippen molar-refractivity contribution in [3.63, 3.8) is 0 Å². The Morgan fingerprint density at radius 2 is 1.65 bits per heavy atom. The number of halogens is 4. The molecule has 0 bridgehead atoms. The smallest absolute Gasteiger partial charge is 0.422 e. The van der Waals surface area contributed by atoms with Gasteiger partial charge in [0.25, 0.3) is 5.91 Å². The highest BCUT2D eigenvalue weighted by Crippen LogP contribution is 2.48. The van der Waals surface area contributed by atoms with Gasteiger partial charge in [0.05, 0.1) is 11.6 Å².